The number of carbonyl (C=O) groups excluding carboxylic acids is 3. The van der Waals surface area contributed by atoms with Crippen molar-refractivity contribution in [2.45, 2.75) is 40.2 Å². The Labute approximate surface area is 174 Å². The molecule has 2 aromatic rings. The molecule has 0 bridgehead atoms. The third-order valence-electron chi connectivity index (χ3n) is 3.94. The first-order valence-electron chi connectivity index (χ1n) is 9.68. The summed E-state index contributed by atoms with van der Waals surface area (Å²) in [6, 6.07) is 9.14. The highest BCUT2D eigenvalue weighted by molar-refractivity contribution is 6.05. The second kappa shape index (κ2) is 11.6. The monoisotopic (exact) mass is 415 g/mol. The number of benzene rings is 1. The lowest BCUT2D eigenvalue weighted by Gasteiger charge is -2.23. The average molecular weight is 415 g/mol. The van der Waals surface area contributed by atoms with Gasteiger partial charge in [-0.1, -0.05) is 37.3 Å². The van der Waals surface area contributed by atoms with Crippen molar-refractivity contribution in [1.29, 1.82) is 0 Å². The molecule has 0 N–H and O–H groups in total. The molecule has 9 nitrogen and oxygen atoms in total. The molecule has 0 atom stereocenters. The topological polar surface area (TPSA) is 108 Å². The van der Waals surface area contributed by atoms with Crippen LogP contribution in [-0.2, 0) is 36.9 Å². The van der Waals surface area contributed by atoms with E-state index in [-0.39, 0.29) is 31.2 Å². The number of anilines is 1. The van der Waals surface area contributed by atoms with Crippen molar-refractivity contribution in [1.82, 2.24) is 9.97 Å². The Kier molecular flexibility index (Phi) is 8.89. The van der Waals surface area contributed by atoms with Gasteiger partial charge in [0.15, 0.2) is 5.82 Å². The van der Waals surface area contributed by atoms with Crippen LogP contribution in [0, 0.1) is 0 Å². The Balaban J connectivity index is 2.43. The molecule has 0 saturated carbocycles. The Morgan fingerprint density at radius 2 is 1.67 bits per heavy atom. The Morgan fingerprint density at radius 1 is 0.967 bits per heavy atom. The summed E-state index contributed by atoms with van der Waals surface area (Å²) in [5, 5.41) is 0.844. The Hall–Kier alpha value is -3.33. The van der Waals surface area contributed by atoms with E-state index in [9.17, 15) is 14.4 Å². The van der Waals surface area contributed by atoms with E-state index in [0.717, 1.165) is 10.6 Å². The molecule has 2 rings (SSSR count). The van der Waals surface area contributed by atoms with Crippen LogP contribution in [-0.4, -0.2) is 41.0 Å². The van der Waals surface area contributed by atoms with Crippen LogP contribution in [0.5, 0.6) is 0 Å². The maximum absolute atomic E-state index is 12.9. The molecule has 1 heterocycles. The van der Waals surface area contributed by atoms with Gasteiger partial charge in [0.05, 0.1) is 18.9 Å². The minimum absolute atomic E-state index is 0.0170. The van der Waals surface area contributed by atoms with Gasteiger partial charge in [0, 0.05) is 0 Å². The second-order valence-corrected chi connectivity index (χ2v) is 6.02. The number of amides is 1. The third-order valence-corrected chi connectivity index (χ3v) is 3.94. The van der Waals surface area contributed by atoms with Crippen molar-refractivity contribution in [2.24, 2.45) is 0 Å². The predicted molar refractivity (Wildman–Crippen MR) is 107 cm³/mol. The molecule has 1 aromatic carbocycles. The molecule has 1 aromatic heterocycles. The fraction of sp³-hybridized carbons (Fsp3) is 0.381. The van der Waals surface area contributed by atoms with E-state index in [0.29, 0.717) is 12.1 Å². The zero-order chi connectivity index (χ0) is 21.9. The van der Waals surface area contributed by atoms with E-state index in [1.54, 1.807) is 13.8 Å². The normalized spacial score (nSPS) is 10.4. The van der Waals surface area contributed by atoms with E-state index in [4.69, 9.17) is 14.3 Å². The Morgan fingerprint density at radius 3 is 2.30 bits per heavy atom. The molecule has 0 radical (unpaired) electrons. The van der Waals surface area contributed by atoms with Gasteiger partial charge in [0.1, 0.15) is 24.9 Å². The largest absolute Gasteiger partial charge is 0.466 e. The second-order valence-electron chi connectivity index (χ2n) is 6.02. The third kappa shape index (κ3) is 6.08. The number of carbonyl (C=O) groups is 3. The number of aryl methyl sites for hydroxylation is 1. The number of ether oxygens (including phenoxy) is 2. The summed E-state index contributed by atoms with van der Waals surface area (Å²) in [6.07, 6.45) is 1.06. The summed E-state index contributed by atoms with van der Waals surface area (Å²) < 4.78 is 9.98. The molecule has 0 saturated heterocycles. The molecule has 0 aliphatic carbocycles. The van der Waals surface area contributed by atoms with Crippen molar-refractivity contribution in [3.05, 3.63) is 53.5 Å². The van der Waals surface area contributed by atoms with Crippen LogP contribution >= 0.6 is 0 Å². The highest BCUT2D eigenvalue weighted by Crippen LogP contribution is 2.24. The number of esters is 2. The molecule has 9 heteroatoms. The van der Waals surface area contributed by atoms with Crippen LogP contribution in [0.2, 0.25) is 0 Å². The van der Waals surface area contributed by atoms with Gasteiger partial charge < -0.3 is 9.47 Å². The number of hydrogen-bond acceptors (Lipinski definition) is 8. The summed E-state index contributed by atoms with van der Waals surface area (Å²) in [6.45, 7) is 5.41. The van der Waals surface area contributed by atoms with Gasteiger partial charge in [-0.25, -0.2) is 14.8 Å². The van der Waals surface area contributed by atoms with Gasteiger partial charge >= 0.3 is 11.9 Å². The maximum Gasteiger partial charge on any atom is 0.343 e. The van der Waals surface area contributed by atoms with Crippen LogP contribution < -0.4 is 5.06 Å². The lowest BCUT2D eigenvalue weighted by Crippen LogP contribution is -2.35. The smallest absolute Gasteiger partial charge is 0.343 e. The van der Waals surface area contributed by atoms with Gasteiger partial charge in [0.25, 0.3) is 5.91 Å². The highest BCUT2D eigenvalue weighted by atomic mass is 16.7. The highest BCUT2D eigenvalue weighted by Gasteiger charge is 2.29. The van der Waals surface area contributed by atoms with Crippen LogP contribution in [0.15, 0.2) is 36.7 Å². The molecule has 0 fully saturated rings. The maximum atomic E-state index is 12.9. The van der Waals surface area contributed by atoms with Gasteiger partial charge in [-0.2, -0.15) is 5.06 Å². The van der Waals surface area contributed by atoms with E-state index >= 15 is 0 Å². The lowest BCUT2D eigenvalue weighted by atomic mass is 10.1. The minimum atomic E-state index is -0.726. The quantitative estimate of drug-likeness (QED) is 0.331. The SMILES string of the molecule is CCOC(=O)CC(=O)N(OCc1ccccc1)c1ncnc(CC)c1C(=O)OCC. The molecule has 0 spiro atoms. The van der Waals surface area contributed by atoms with Crippen LogP contribution in [0.3, 0.4) is 0 Å². The van der Waals surface area contributed by atoms with Gasteiger partial charge in [-0.3, -0.25) is 14.4 Å². The molecular weight excluding hydrogens is 390 g/mol. The van der Waals surface area contributed by atoms with Gasteiger partial charge in [-0.15, -0.1) is 0 Å². The van der Waals surface area contributed by atoms with E-state index < -0.39 is 24.3 Å². The first kappa shape index (κ1) is 23.0. The van der Waals surface area contributed by atoms with Gasteiger partial charge in [-0.05, 0) is 25.8 Å². The zero-order valence-electron chi connectivity index (χ0n) is 17.3. The first-order valence-corrected chi connectivity index (χ1v) is 9.68. The minimum Gasteiger partial charge on any atom is -0.466 e. The van der Waals surface area contributed by atoms with E-state index in [1.165, 1.54) is 6.33 Å². The van der Waals surface area contributed by atoms with Crippen LogP contribution in [0.25, 0.3) is 0 Å². The number of rotatable bonds is 10. The molecule has 1 amide bonds. The molecule has 30 heavy (non-hydrogen) atoms. The first-order chi connectivity index (χ1) is 14.5. The summed E-state index contributed by atoms with van der Waals surface area (Å²) in [7, 11) is 0. The lowest BCUT2D eigenvalue weighted by molar-refractivity contribution is -0.147. The molecule has 0 unspecified atom stereocenters. The molecule has 0 aliphatic rings. The van der Waals surface area contributed by atoms with E-state index in [1.807, 2.05) is 37.3 Å². The fourth-order valence-corrected chi connectivity index (χ4v) is 2.62. The summed E-state index contributed by atoms with van der Waals surface area (Å²) in [5.41, 5.74) is 1.21. The van der Waals surface area contributed by atoms with E-state index in [2.05, 4.69) is 9.97 Å². The van der Waals surface area contributed by atoms with Crippen molar-refractivity contribution < 1.29 is 28.7 Å². The van der Waals surface area contributed by atoms with Gasteiger partial charge in [0.2, 0.25) is 0 Å². The fourth-order valence-electron chi connectivity index (χ4n) is 2.62. The van der Waals surface area contributed by atoms with Crippen LogP contribution in [0.4, 0.5) is 5.82 Å². The van der Waals surface area contributed by atoms with Crippen molar-refractivity contribution in [2.75, 3.05) is 18.3 Å². The standard InChI is InChI=1S/C21H25N3O6/c1-4-16-19(21(27)29-6-3)20(23-14-22-16)24(17(25)12-18(26)28-5-2)30-13-15-10-8-7-9-11-15/h7-11,14H,4-6,12-13H2,1-3H3. The summed E-state index contributed by atoms with van der Waals surface area (Å²) >= 11 is 0. The summed E-state index contributed by atoms with van der Waals surface area (Å²) in [4.78, 5) is 51.2. The Bertz CT molecular complexity index is 872. The van der Waals surface area contributed by atoms with Crippen molar-refractivity contribution in [3.8, 4) is 0 Å². The number of hydrogen-bond donors (Lipinski definition) is 0. The van der Waals surface area contributed by atoms with Crippen LogP contribution in [0.1, 0.15) is 48.8 Å². The van der Waals surface area contributed by atoms with Crippen molar-refractivity contribution in [3.63, 3.8) is 0 Å². The number of aromatic nitrogens is 2. The molecule has 160 valence electrons. The van der Waals surface area contributed by atoms with Crippen molar-refractivity contribution >= 4 is 23.7 Å². The molecule has 0 aliphatic heterocycles. The number of nitrogens with zero attached hydrogens (tertiary/aromatic N) is 3. The average Bonchev–Trinajstić information content (AvgIpc) is 2.74. The number of hydroxylamine groups is 1. The predicted octanol–water partition coefficient (Wildman–Crippen LogP) is 2.63. The molecular formula is C21H25N3O6. The summed E-state index contributed by atoms with van der Waals surface area (Å²) in [5.74, 6) is -2.19. The zero-order valence-corrected chi connectivity index (χ0v) is 17.3.